The van der Waals surface area contributed by atoms with Crippen molar-refractivity contribution in [2.24, 2.45) is 5.10 Å². The SMILES string of the molecule is O=C(N/N=C\c1ccsc1)c1cc(O)c(O)c(O)c1. The van der Waals surface area contributed by atoms with Crippen LogP contribution in [0.25, 0.3) is 0 Å². The van der Waals surface area contributed by atoms with E-state index >= 15 is 0 Å². The number of carbonyl (C=O) groups is 1. The van der Waals surface area contributed by atoms with Crippen LogP contribution in [0, 0.1) is 0 Å². The number of amides is 1. The van der Waals surface area contributed by atoms with Crippen LogP contribution in [-0.4, -0.2) is 27.4 Å². The normalized spacial score (nSPS) is 10.7. The number of thiophene rings is 1. The van der Waals surface area contributed by atoms with Gasteiger partial charge >= 0.3 is 0 Å². The molecule has 0 unspecified atom stereocenters. The van der Waals surface area contributed by atoms with Gasteiger partial charge in [-0.1, -0.05) is 0 Å². The molecule has 1 aromatic heterocycles. The first-order chi connectivity index (χ1) is 9.08. The van der Waals surface area contributed by atoms with Crippen LogP contribution in [0.5, 0.6) is 17.2 Å². The summed E-state index contributed by atoms with van der Waals surface area (Å²) in [5, 5.41) is 35.2. The van der Waals surface area contributed by atoms with Crippen LogP contribution in [0.2, 0.25) is 0 Å². The molecule has 7 heteroatoms. The van der Waals surface area contributed by atoms with Gasteiger partial charge in [0, 0.05) is 11.1 Å². The summed E-state index contributed by atoms with van der Waals surface area (Å²) in [5.41, 5.74) is 3.07. The molecule has 2 aromatic rings. The Labute approximate surface area is 112 Å². The Morgan fingerprint density at radius 2 is 1.95 bits per heavy atom. The highest BCUT2D eigenvalue weighted by Gasteiger charge is 2.12. The van der Waals surface area contributed by atoms with Crippen molar-refractivity contribution in [2.75, 3.05) is 0 Å². The van der Waals surface area contributed by atoms with Gasteiger partial charge in [-0.15, -0.1) is 0 Å². The fourth-order valence-corrected chi connectivity index (χ4v) is 1.92. The number of phenolic OH excluding ortho intramolecular Hbond substituents is 3. The first-order valence-corrected chi connectivity index (χ1v) is 6.13. The summed E-state index contributed by atoms with van der Waals surface area (Å²) in [6, 6.07) is 3.90. The van der Waals surface area contributed by atoms with Crippen molar-refractivity contribution in [3.63, 3.8) is 0 Å². The summed E-state index contributed by atoms with van der Waals surface area (Å²) < 4.78 is 0. The van der Waals surface area contributed by atoms with E-state index in [2.05, 4.69) is 10.5 Å². The highest BCUT2D eigenvalue weighted by Crippen LogP contribution is 2.35. The summed E-state index contributed by atoms with van der Waals surface area (Å²) in [4.78, 5) is 11.7. The number of rotatable bonds is 3. The molecule has 4 N–H and O–H groups in total. The molecule has 1 heterocycles. The minimum Gasteiger partial charge on any atom is -0.504 e. The molecule has 0 aliphatic carbocycles. The van der Waals surface area contributed by atoms with E-state index in [1.807, 2.05) is 16.8 Å². The highest BCUT2D eigenvalue weighted by molar-refractivity contribution is 7.08. The van der Waals surface area contributed by atoms with E-state index in [4.69, 9.17) is 5.11 Å². The lowest BCUT2D eigenvalue weighted by Gasteiger charge is -2.04. The van der Waals surface area contributed by atoms with Gasteiger partial charge in [0.1, 0.15) is 0 Å². The second kappa shape index (κ2) is 5.40. The van der Waals surface area contributed by atoms with Crippen LogP contribution in [0.4, 0.5) is 0 Å². The van der Waals surface area contributed by atoms with Gasteiger partial charge in [0.2, 0.25) is 0 Å². The smallest absolute Gasteiger partial charge is 0.271 e. The fraction of sp³-hybridized carbons (Fsp3) is 0. The molecule has 98 valence electrons. The summed E-state index contributed by atoms with van der Waals surface area (Å²) in [6.45, 7) is 0. The standard InChI is InChI=1S/C12H10N2O4S/c15-9-3-8(4-10(16)11(9)17)12(18)14-13-5-7-1-2-19-6-7/h1-6,15-17H,(H,14,18)/b13-5-. The number of hydrogen-bond donors (Lipinski definition) is 4. The van der Waals surface area contributed by atoms with Crippen LogP contribution >= 0.6 is 11.3 Å². The monoisotopic (exact) mass is 278 g/mol. The highest BCUT2D eigenvalue weighted by atomic mass is 32.1. The van der Waals surface area contributed by atoms with E-state index in [9.17, 15) is 15.0 Å². The number of benzene rings is 1. The van der Waals surface area contributed by atoms with Crippen molar-refractivity contribution in [3.05, 3.63) is 40.1 Å². The minimum absolute atomic E-state index is 0.0183. The predicted octanol–water partition coefficient (Wildman–Crippen LogP) is 1.63. The van der Waals surface area contributed by atoms with Gasteiger partial charge in [0.05, 0.1) is 6.21 Å². The number of nitrogens with zero attached hydrogens (tertiary/aromatic N) is 1. The Morgan fingerprint density at radius 3 is 2.53 bits per heavy atom. The lowest BCUT2D eigenvalue weighted by atomic mass is 10.2. The van der Waals surface area contributed by atoms with Crippen LogP contribution in [-0.2, 0) is 0 Å². The molecule has 0 radical (unpaired) electrons. The van der Waals surface area contributed by atoms with Gasteiger partial charge in [-0.3, -0.25) is 4.79 Å². The van der Waals surface area contributed by atoms with Crippen LogP contribution < -0.4 is 5.43 Å². The number of aromatic hydroxyl groups is 3. The first-order valence-electron chi connectivity index (χ1n) is 5.18. The van der Waals surface area contributed by atoms with E-state index in [1.165, 1.54) is 17.6 Å². The molecule has 19 heavy (non-hydrogen) atoms. The van der Waals surface area contributed by atoms with Crippen LogP contribution in [0.1, 0.15) is 15.9 Å². The number of carbonyl (C=O) groups excluding carboxylic acids is 1. The van der Waals surface area contributed by atoms with Crippen molar-refractivity contribution >= 4 is 23.5 Å². The van der Waals surface area contributed by atoms with E-state index < -0.39 is 23.2 Å². The molecule has 0 bridgehead atoms. The molecule has 0 saturated heterocycles. The maximum Gasteiger partial charge on any atom is 0.271 e. The molecule has 0 aliphatic rings. The zero-order valence-corrected chi connectivity index (χ0v) is 10.4. The molecular formula is C12H10N2O4S. The third-order valence-electron chi connectivity index (χ3n) is 2.25. The molecule has 0 fully saturated rings. The Bertz CT molecular complexity index is 600. The summed E-state index contributed by atoms with van der Waals surface area (Å²) in [5.74, 6) is -2.44. The van der Waals surface area contributed by atoms with Crippen LogP contribution in [0.3, 0.4) is 0 Å². The number of phenols is 3. The second-order valence-electron chi connectivity index (χ2n) is 3.62. The lowest BCUT2D eigenvalue weighted by molar-refractivity contribution is 0.0954. The van der Waals surface area contributed by atoms with Crippen molar-refractivity contribution < 1.29 is 20.1 Å². The second-order valence-corrected chi connectivity index (χ2v) is 4.40. The van der Waals surface area contributed by atoms with E-state index in [0.717, 1.165) is 17.7 Å². The number of nitrogens with one attached hydrogen (secondary N) is 1. The lowest BCUT2D eigenvalue weighted by Crippen LogP contribution is -2.17. The van der Waals surface area contributed by atoms with Crippen molar-refractivity contribution in [1.29, 1.82) is 0 Å². The molecule has 0 aliphatic heterocycles. The average molecular weight is 278 g/mol. The number of hydrogen-bond acceptors (Lipinski definition) is 6. The van der Waals surface area contributed by atoms with Gasteiger partial charge in [-0.05, 0) is 29.0 Å². The Kier molecular flexibility index (Phi) is 3.67. The maximum atomic E-state index is 11.7. The zero-order chi connectivity index (χ0) is 13.8. The largest absolute Gasteiger partial charge is 0.504 e. The molecule has 0 saturated carbocycles. The third kappa shape index (κ3) is 3.02. The van der Waals surface area contributed by atoms with Gasteiger partial charge in [-0.25, -0.2) is 5.43 Å². The summed E-state index contributed by atoms with van der Waals surface area (Å²) in [6.07, 6.45) is 1.47. The summed E-state index contributed by atoms with van der Waals surface area (Å²) >= 11 is 1.50. The molecular weight excluding hydrogens is 268 g/mol. The third-order valence-corrected chi connectivity index (χ3v) is 2.96. The van der Waals surface area contributed by atoms with Crippen molar-refractivity contribution in [3.8, 4) is 17.2 Å². The van der Waals surface area contributed by atoms with Crippen LogP contribution in [0.15, 0.2) is 34.1 Å². The van der Waals surface area contributed by atoms with Gasteiger partial charge in [0.25, 0.3) is 5.91 Å². The van der Waals surface area contributed by atoms with Crippen molar-refractivity contribution in [1.82, 2.24) is 5.43 Å². The van der Waals surface area contributed by atoms with E-state index in [1.54, 1.807) is 0 Å². The Morgan fingerprint density at radius 1 is 1.26 bits per heavy atom. The Hall–Kier alpha value is -2.54. The van der Waals surface area contributed by atoms with Gasteiger partial charge in [0.15, 0.2) is 17.2 Å². The quantitative estimate of drug-likeness (QED) is 0.389. The predicted molar refractivity (Wildman–Crippen MR) is 70.8 cm³/mol. The minimum atomic E-state index is -0.668. The number of hydrazone groups is 1. The molecule has 6 nitrogen and oxygen atoms in total. The first kappa shape index (κ1) is 12.9. The molecule has 1 aromatic carbocycles. The molecule has 1 amide bonds. The maximum absolute atomic E-state index is 11.7. The Balaban J connectivity index is 2.08. The van der Waals surface area contributed by atoms with Gasteiger partial charge < -0.3 is 15.3 Å². The molecule has 0 atom stereocenters. The molecule has 0 spiro atoms. The average Bonchev–Trinajstić information content (AvgIpc) is 2.88. The summed E-state index contributed by atoms with van der Waals surface area (Å²) in [7, 11) is 0. The topological polar surface area (TPSA) is 102 Å². The van der Waals surface area contributed by atoms with Crippen molar-refractivity contribution in [2.45, 2.75) is 0 Å². The van der Waals surface area contributed by atoms with Gasteiger partial charge in [-0.2, -0.15) is 16.4 Å². The van der Waals surface area contributed by atoms with E-state index in [0.29, 0.717) is 0 Å². The molecule has 2 rings (SSSR count). The fourth-order valence-electron chi connectivity index (χ4n) is 1.31. The van der Waals surface area contributed by atoms with E-state index in [-0.39, 0.29) is 5.56 Å². The zero-order valence-electron chi connectivity index (χ0n) is 9.57.